The van der Waals surface area contributed by atoms with E-state index in [1.54, 1.807) is 19.5 Å². The highest BCUT2D eigenvalue weighted by molar-refractivity contribution is 6.31. The molecule has 3 heterocycles. The SMILES string of the molecule is COc1ccc(C)cc1.Cc1nccnc1Oc1ccc([C@H]2c3[nH]c4ccc(Cl)cc4c3CCN2C=O)cc1. The summed E-state index contributed by atoms with van der Waals surface area (Å²) in [6, 6.07) is 21.4. The number of hydrogen-bond acceptors (Lipinski definition) is 5. The monoisotopic (exact) mass is 540 g/mol. The van der Waals surface area contributed by atoms with Crippen LogP contribution in [0.3, 0.4) is 0 Å². The summed E-state index contributed by atoms with van der Waals surface area (Å²) in [6.07, 6.45) is 4.94. The number of H-pyrrole nitrogens is 1. The second-order valence-electron chi connectivity index (χ2n) is 9.34. The molecule has 1 aliphatic heterocycles. The van der Waals surface area contributed by atoms with Crippen LogP contribution in [0.5, 0.6) is 17.4 Å². The molecule has 0 bridgehead atoms. The number of benzene rings is 3. The molecule has 0 saturated heterocycles. The molecule has 7 nitrogen and oxygen atoms in total. The lowest BCUT2D eigenvalue weighted by Crippen LogP contribution is -2.34. The maximum absolute atomic E-state index is 11.8. The van der Waals surface area contributed by atoms with Crippen molar-refractivity contribution in [3.05, 3.63) is 112 Å². The number of rotatable bonds is 5. The molecule has 6 rings (SSSR count). The van der Waals surface area contributed by atoms with Gasteiger partial charge in [0.25, 0.3) is 0 Å². The number of carbonyl (C=O) groups excluding carboxylic acids is 1. The van der Waals surface area contributed by atoms with Crippen LogP contribution in [-0.2, 0) is 11.2 Å². The summed E-state index contributed by atoms with van der Waals surface area (Å²) in [5.41, 5.74) is 6.26. The Morgan fingerprint density at radius 1 is 0.974 bits per heavy atom. The number of carbonyl (C=O) groups is 1. The Balaban J connectivity index is 0.000000292. The minimum Gasteiger partial charge on any atom is -0.497 e. The van der Waals surface area contributed by atoms with Gasteiger partial charge in [-0.15, -0.1) is 0 Å². The van der Waals surface area contributed by atoms with Gasteiger partial charge in [0, 0.05) is 40.6 Å². The molecule has 0 unspecified atom stereocenters. The Bertz CT molecular complexity index is 1580. The van der Waals surface area contributed by atoms with Gasteiger partial charge in [0.1, 0.15) is 11.5 Å². The van der Waals surface area contributed by atoms with E-state index in [1.807, 2.05) is 78.6 Å². The van der Waals surface area contributed by atoms with Crippen molar-refractivity contribution in [1.82, 2.24) is 19.9 Å². The van der Waals surface area contributed by atoms with Crippen molar-refractivity contribution in [3.63, 3.8) is 0 Å². The predicted octanol–water partition coefficient (Wildman–Crippen LogP) is 6.82. The van der Waals surface area contributed by atoms with Gasteiger partial charge in [0.2, 0.25) is 12.3 Å². The van der Waals surface area contributed by atoms with Crippen LogP contribution in [0.15, 0.2) is 79.1 Å². The third-order valence-electron chi connectivity index (χ3n) is 6.76. The van der Waals surface area contributed by atoms with Gasteiger partial charge in [0.05, 0.1) is 18.8 Å². The summed E-state index contributed by atoms with van der Waals surface area (Å²) in [5, 5.41) is 1.82. The molecule has 198 valence electrons. The van der Waals surface area contributed by atoms with Gasteiger partial charge in [-0.05, 0) is 73.9 Å². The fourth-order valence-electron chi connectivity index (χ4n) is 4.75. The van der Waals surface area contributed by atoms with Crippen LogP contribution in [0, 0.1) is 13.8 Å². The van der Waals surface area contributed by atoms with Crippen LogP contribution in [0.2, 0.25) is 5.02 Å². The van der Waals surface area contributed by atoms with Crippen LogP contribution < -0.4 is 9.47 Å². The fourth-order valence-corrected chi connectivity index (χ4v) is 4.92. The molecule has 3 aromatic carbocycles. The second-order valence-corrected chi connectivity index (χ2v) is 9.77. The summed E-state index contributed by atoms with van der Waals surface area (Å²) in [5.74, 6) is 2.06. The first kappa shape index (κ1) is 26.3. The number of nitrogens with zero attached hydrogens (tertiary/aromatic N) is 3. The molecule has 1 N–H and O–H groups in total. The van der Waals surface area contributed by atoms with Crippen molar-refractivity contribution in [3.8, 4) is 17.4 Å². The van der Waals surface area contributed by atoms with Crippen LogP contribution in [0.1, 0.15) is 34.1 Å². The number of fused-ring (bicyclic) bond motifs is 3. The normalized spacial score (nSPS) is 14.3. The number of hydrogen-bond donors (Lipinski definition) is 1. The Kier molecular flexibility index (Phi) is 7.79. The van der Waals surface area contributed by atoms with Gasteiger partial charge in [-0.3, -0.25) is 9.78 Å². The maximum atomic E-state index is 11.8. The molecule has 0 radical (unpaired) electrons. The molecule has 1 amide bonds. The third kappa shape index (κ3) is 5.73. The van der Waals surface area contributed by atoms with E-state index in [1.165, 1.54) is 11.1 Å². The van der Waals surface area contributed by atoms with Crippen molar-refractivity contribution in [1.29, 1.82) is 0 Å². The number of aryl methyl sites for hydroxylation is 2. The average Bonchev–Trinajstić information content (AvgIpc) is 3.33. The Morgan fingerprint density at radius 3 is 2.38 bits per heavy atom. The van der Waals surface area contributed by atoms with Crippen LogP contribution >= 0.6 is 11.6 Å². The van der Waals surface area contributed by atoms with Crippen molar-refractivity contribution in [2.75, 3.05) is 13.7 Å². The molecule has 5 aromatic rings. The van der Waals surface area contributed by atoms with Crippen LogP contribution in [0.25, 0.3) is 10.9 Å². The van der Waals surface area contributed by atoms with Gasteiger partial charge >= 0.3 is 0 Å². The zero-order chi connectivity index (χ0) is 27.4. The molecular weight excluding hydrogens is 512 g/mol. The predicted molar refractivity (Wildman–Crippen MR) is 153 cm³/mol. The van der Waals surface area contributed by atoms with Crippen LogP contribution in [0.4, 0.5) is 0 Å². The lowest BCUT2D eigenvalue weighted by molar-refractivity contribution is -0.120. The maximum Gasteiger partial charge on any atom is 0.240 e. The summed E-state index contributed by atoms with van der Waals surface area (Å²) in [4.78, 5) is 25.6. The summed E-state index contributed by atoms with van der Waals surface area (Å²) in [6.45, 7) is 4.56. The highest BCUT2D eigenvalue weighted by Gasteiger charge is 2.31. The molecule has 2 aromatic heterocycles. The van der Waals surface area contributed by atoms with Gasteiger partial charge in [-0.1, -0.05) is 41.4 Å². The van der Waals surface area contributed by atoms with Crippen LogP contribution in [-0.4, -0.2) is 39.9 Å². The minimum atomic E-state index is -0.190. The van der Waals surface area contributed by atoms with Gasteiger partial charge in [-0.25, -0.2) is 4.98 Å². The van der Waals surface area contributed by atoms with E-state index in [4.69, 9.17) is 21.1 Å². The lowest BCUT2D eigenvalue weighted by atomic mass is 9.93. The summed E-state index contributed by atoms with van der Waals surface area (Å²) < 4.78 is 10.8. The van der Waals surface area contributed by atoms with Gasteiger partial charge < -0.3 is 19.4 Å². The van der Waals surface area contributed by atoms with Crippen molar-refractivity contribution in [2.45, 2.75) is 26.3 Å². The van der Waals surface area contributed by atoms with Crippen molar-refractivity contribution >= 4 is 28.9 Å². The standard InChI is InChI=1S/C23H19ClN4O2.C8H10O/c1-14-23(26-10-9-25-14)30-17-5-2-15(3-6-17)22-21-18(8-11-28(22)13-29)19-12-16(24)4-7-20(19)27-21;1-7-3-5-8(9-2)6-4-7/h2-7,9-10,12-13,22,27H,8,11H2,1H3;3-6H,1-2H3/t22-;/m0./s1. The van der Waals surface area contributed by atoms with E-state index in [0.29, 0.717) is 23.2 Å². The van der Waals surface area contributed by atoms with E-state index in [-0.39, 0.29) is 6.04 Å². The quantitative estimate of drug-likeness (QED) is 0.247. The van der Waals surface area contributed by atoms with Crippen molar-refractivity contribution < 1.29 is 14.3 Å². The molecular formula is C31H29ClN4O3. The topological polar surface area (TPSA) is 80.3 Å². The summed E-state index contributed by atoms with van der Waals surface area (Å²) in [7, 11) is 1.67. The zero-order valence-corrected chi connectivity index (χ0v) is 22.8. The highest BCUT2D eigenvalue weighted by Crippen LogP contribution is 2.39. The Labute approximate surface area is 232 Å². The smallest absolute Gasteiger partial charge is 0.240 e. The van der Waals surface area contributed by atoms with E-state index in [9.17, 15) is 4.79 Å². The zero-order valence-electron chi connectivity index (χ0n) is 22.0. The van der Waals surface area contributed by atoms with Gasteiger partial charge in [0.15, 0.2) is 0 Å². The number of aromatic nitrogens is 3. The van der Waals surface area contributed by atoms with Crippen molar-refractivity contribution in [2.24, 2.45) is 0 Å². The number of amides is 1. The minimum absolute atomic E-state index is 0.190. The molecule has 0 aliphatic carbocycles. The molecule has 39 heavy (non-hydrogen) atoms. The second kappa shape index (κ2) is 11.6. The summed E-state index contributed by atoms with van der Waals surface area (Å²) >= 11 is 6.22. The Morgan fingerprint density at radius 2 is 1.69 bits per heavy atom. The molecule has 1 atom stereocenters. The molecule has 0 spiro atoms. The largest absolute Gasteiger partial charge is 0.497 e. The van der Waals surface area contributed by atoms with Gasteiger partial charge in [-0.2, -0.15) is 0 Å². The van der Waals surface area contributed by atoms with E-state index in [0.717, 1.165) is 46.4 Å². The third-order valence-corrected chi connectivity index (χ3v) is 7.00. The number of ether oxygens (including phenoxy) is 2. The van der Waals surface area contributed by atoms with E-state index < -0.39 is 0 Å². The Hall–Kier alpha value is -4.36. The first-order chi connectivity index (χ1) is 19.0. The number of aromatic amines is 1. The number of methoxy groups -OCH3 is 1. The molecule has 8 heteroatoms. The molecule has 1 aliphatic rings. The highest BCUT2D eigenvalue weighted by atomic mass is 35.5. The molecule has 0 saturated carbocycles. The first-order valence-electron chi connectivity index (χ1n) is 12.6. The average molecular weight is 541 g/mol. The van der Waals surface area contributed by atoms with E-state index >= 15 is 0 Å². The molecule has 0 fully saturated rings. The number of nitrogens with one attached hydrogen (secondary N) is 1. The number of halogens is 1. The first-order valence-corrected chi connectivity index (χ1v) is 13.0. The van der Waals surface area contributed by atoms with E-state index in [2.05, 4.69) is 21.9 Å². The fraction of sp³-hybridized carbons (Fsp3) is 0.194. The lowest BCUT2D eigenvalue weighted by Gasteiger charge is -2.33.